The van der Waals surface area contributed by atoms with E-state index in [9.17, 15) is 4.79 Å². The lowest BCUT2D eigenvalue weighted by Crippen LogP contribution is -2.35. The predicted octanol–water partition coefficient (Wildman–Crippen LogP) is 2.49. The molecular weight excluding hydrogens is 344 g/mol. The number of nitrogens with two attached hydrogens (primary N) is 2. The van der Waals surface area contributed by atoms with E-state index >= 15 is 0 Å². The van der Waals surface area contributed by atoms with Gasteiger partial charge in [0.1, 0.15) is 28.1 Å². The van der Waals surface area contributed by atoms with Gasteiger partial charge in [-0.05, 0) is 25.5 Å². The van der Waals surface area contributed by atoms with E-state index in [2.05, 4.69) is 16.9 Å². The highest BCUT2D eigenvalue weighted by Gasteiger charge is 2.32. The van der Waals surface area contributed by atoms with Crippen molar-refractivity contribution in [2.45, 2.75) is 51.7 Å². The molecule has 0 fully saturated rings. The Labute approximate surface area is 157 Å². The number of ether oxygens (including phenoxy) is 1. The van der Waals surface area contributed by atoms with Crippen LogP contribution in [0.5, 0.6) is 0 Å². The number of nitrogen functional groups attached to an aromatic ring is 1. The van der Waals surface area contributed by atoms with Gasteiger partial charge in [-0.3, -0.25) is 14.3 Å². The number of fused-ring (bicyclic) bond motifs is 3. The van der Waals surface area contributed by atoms with E-state index in [0.717, 1.165) is 30.6 Å². The number of pyridine rings is 2. The van der Waals surface area contributed by atoms with Crippen LogP contribution in [0.2, 0.25) is 0 Å². The number of carbonyl (C=O) groups excluding carboxylic acids is 1. The molecular formula is C19H26N6O2. The summed E-state index contributed by atoms with van der Waals surface area (Å²) in [4.78, 5) is 25.2. The lowest BCUT2D eigenvalue weighted by molar-refractivity contribution is -0.121. The minimum atomic E-state index is -0.814. The molecule has 1 unspecified atom stereocenters. The Bertz CT molecular complexity index is 983. The fraction of sp³-hybridized carbons (Fsp3) is 0.474. The monoisotopic (exact) mass is 370 g/mol. The number of hydrogen-bond donors (Lipinski definition) is 2. The van der Waals surface area contributed by atoms with Gasteiger partial charge >= 0.3 is 0 Å². The summed E-state index contributed by atoms with van der Waals surface area (Å²) in [5.41, 5.74) is 13.6. The van der Waals surface area contributed by atoms with Crippen molar-refractivity contribution >= 4 is 33.8 Å². The van der Waals surface area contributed by atoms with Crippen LogP contribution in [0, 0.1) is 0 Å². The highest BCUT2D eigenvalue weighted by atomic mass is 16.5. The van der Waals surface area contributed by atoms with Crippen LogP contribution in [0.1, 0.15) is 45.4 Å². The van der Waals surface area contributed by atoms with E-state index < -0.39 is 5.72 Å². The van der Waals surface area contributed by atoms with Crippen LogP contribution in [-0.4, -0.2) is 32.5 Å². The molecule has 0 spiro atoms. The summed E-state index contributed by atoms with van der Waals surface area (Å²) in [7, 11) is 1.62. The first-order valence-electron chi connectivity index (χ1n) is 9.16. The third-order valence-corrected chi connectivity index (χ3v) is 4.94. The summed E-state index contributed by atoms with van der Waals surface area (Å²) < 4.78 is 7.90. The van der Waals surface area contributed by atoms with E-state index in [1.54, 1.807) is 13.3 Å². The number of nitrogens with zero attached hydrogens (tertiary/aromatic N) is 4. The molecule has 144 valence electrons. The van der Waals surface area contributed by atoms with E-state index in [0.29, 0.717) is 28.8 Å². The van der Waals surface area contributed by atoms with Crippen LogP contribution in [-0.2, 0) is 21.7 Å². The van der Waals surface area contributed by atoms with E-state index in [4.69, 9.17) is 21.2 Å². The van der Waals surface area contributed by atoms with Gasteiger partial charge in [-0.15, -0.1) is 0 Å². The maximum Gasteiger partial charge on any atom is 0.217 e. The number of carbonyl (C=O) groups is 1. The molecule has 3 rings (SSSR count). The van der Waals surface area contributed by atoms with Gasteiger partial charge in [0, 0.05) is 32.6 Å². The highest BCUT2D eigenvalue weighted by Crippen LogP contribution is 2.35. The van der Waals surface area contributed by atoms with Crippen molar-refractivity contribution in [1.82, 2.24) is 19.5 Å². The van der Waals surface area contributed by atoms with Crippen molar-refractivity contribution in [3.63, 3.8) is 0 Å². The van der Waals surface area contributed by atoms with Crippen LogP contribution in [0.25, 0.3) is 22.1 Å². The molecule has 0 bridgehead atoms. The minimum absolute atomic E-state index is 0.198. The topological polar surface area (TPSA) is 122 Å². The van der Waals surface area contributed by atoms with Gasteiger partial charge < -0.3 is 16.2 Å². The van der Waals surface area contributed by atoms with Gasteiger partial charge in [0.25, 0.3) is 0 Å². The minimum Gasteiger partial charge on any atom is -0.382 e. The summed E-state index contributed by atoms with van der Waals surface area (Å²) in [6.07, 6.45) is 5.09. The first-order chi connectivity index (χ1) is 12.9. The summed E-state index contributed by atoms with van der Waals surface area (Å²) in [6, 6.07) is 3.69. The molecule has 4 N–H and O–H groups in total. The largest absolute Gasteiger partial charge is 0.382 e. The second kappa shape index (κ2) is 7.48. The summed E-state index contributed by atoms with van der Waals surface area (Å²) in [5.74, 6) is 0.824. The number of rotatable bonds is 8. The molecule has 0 aromatic carbocycles. The molecule has 1 amide bonds. The Morgan fingerprint density at radius 2 is 2.11 bits per heavy atom. The Kier molecular flexibility index (Phi) is 5.27. The zero-order valence-corrected chi connectivity index (χ0v) is 16.0. The predicted molar refractivity (Wildman–Crippen MR) is 105 cm³/mol. The lowest BCUT2D eigenvalue weighted by Gasteiger charge is -2.32. The average molecular weight is 370 g/mol. The molecule has 1 atom stereocenters. The van der Waals surface area contributed by atoms with Crippen LogP contribution in [0.4, 0.5) is 5.82 Å². The van der Waals surface area contributed by atoms with Crippen molar-refractivity contribution in [2.24, 2.45) is 5.73 Å². The van der Waals surface area contributed by atoms with E-state index in [1.165, 1.54) is 0 Å². The van der Waals surface area contributed by atoms with Crippen molar-refractivity contribution < 1.29 is 9.53 Å². The Morgan fingerprint density at radius 3 is 2.78 bits per heavy atom. The number of aromatic nitrogens is 4. The fourth-order valence-electron chi connectivity index (χ4n) is 3.39. The smallest absolute Gasteiger partial charge is 0.217 e. The van der Waals surface area contributed by atoms with Crippen LogP contribution in [0.15, 0.2) is 18.3 Å². The number of unbranched alkanes of at least 4 members (excludes halogenated alkanes) is 1. The quantitative estimate of drug-likeness (QED) is 0.628. The first-order valence-corrected chi connectivity index (χ1v) is 9.16. The molecule has 0 saturated carbocycles. The molecule has 0 aliphatic carbocycles. The third-order valence-electron chi connectivity index (χ3n) is 4.94. The van der Waals surface area contributed by atoms with Gasteiger partial charge in [-0.25, -0.2) is 9.97 Å². The second-order valence-corrected chi connectivity index (χ2v) is 6.88. The Morgan fingerprint density at radius 1 is 1.33 bits per heavy atom. The molecule has 3 aromatic rings. The van der Waals surface area contributed by atoms with Crippen LogP contribution in [0.3, 0.4) is 0 Å². The number of aryl methyl sites for hydroxylation is 1. The lowest BCUT2D eigenvalue weighted by atomic mass is 10.1. The molecule has 3 aromatic heterocycles. The molecule has 0 aliphatic heterocycles. The first kappa shape index (κ1) is 19.0. The second-order valence-electron chi connectivity index (χ2n) is 6.88. The van der Waals surface area contributed by atoms with Gasteiger partial charge in [-0.1, -0.05) is 13.3 Å². The number of anilines is 1. The number of hydrogen-bond acceptors (Lipinski definition) is 6. The molecule has 0 aliphatic rings. The van der Waals surface area contributed by atoms with Gasteiger partial charge in [0.15, 0.2) is 5.82 Å². The van der Waals surface area contributed by atoms with Crippen molar-refractivity contribution in [3.05, 3.63) is 24.2 Å². The molecule has 8 nitrogen and oxygen atoms in total. The zero-order valence-electron chi connectivity index (χ0n) is 16.0. The standard InChI is InChI=1S/C19H26N6O2/c1-4-5-8-14-24-16-17(15-12(23-18(16)21)7-6-11-22-15)25(14)19(2,27-3)10-9-13(20)26/h6-7,11H,4-5,8-10H2,1-3H3,(H2,20,26)(H2,21,23). The Hall–Kier alpha value is -2.74. The van der Waals surface area contributed by atoms with Gasteiger partial charge in [0.2, 0.25) is 5.91 Å². The number of methoxy groups -OCH3 is 1. The van der Waals surface area contributed by atoms with E-state index in [-0.39, 0.29) is 12.3 Å². The third kappa shape index (κ3) is 3.44. The number of primary amides is 1. The summed E-state index contributed by atoms with van der Waals surface area (Å²) in [6.45, 7) is 4.06. The molecule has 3 heterocycles. The Balaban J connectivity index is 2.34. The SMILES string of the molecule is CCCCc1nc2c(N)nc3cccnc3c2n1C(C)(CCC(N)=O)OC. The molecule has 0 radical (unpaired) electrons. The van der Waals surface area contributed by atoms with Gasteiger partial charge in [0.05, 0.1) is 5.52 Å². The van der Waals surface area contributed by atoms with Crippen molar-refractivity contribution in [2.75, 3.05) is 12.8 Å². The van der Waals surface area contributed by atoms with Gasteiger partial charge in [-0.2, -0.15) is 0 Å². The molecule has 27 heavy (non-hydrogen) atoms. The molecule has 0 saturated heterocycles. The van der Waals surface area contributed by atoms with Crippen molar-refractivity contribution in [1.29, 1.82) is 0 Å². The van der Waals surface area contributed by atoms with Crippen LogP contribution >= 0.6 is 0 Å². The van der Waals surface area contributed by atoms with Crippen molar-refractivity contribution in [3.8, 4) is 0 Å². The fourth-order valence-corrected chi connectivity index (χ4v) is 3.39. The zero-order chi connectivity index (χ0) is 19.6. The maximum absolute atomic E-state index is 11.4. The highest BCUT2D eigenvalue weighted by molar-refractivity contribution is 6.04. The molecule has 8 heteroatoms. The summed E-state index contributed by atoms with van der Waals surface area (Å²) in [5, 5.41) is 0. The van der Waals surface area contributed by atoms with Crippen LogP contribution < -0.4 is 11.5 Å². The average Bonchev–Trinajstić information content (AvgIpc) is 3.05. The van der Waals surface area contributed by atoms with E-state index in [1.807, 2.05) is 23.6 Å². The maximum atomic E-state index is 11.4. The number of amides is 1. The normalized spacial score (nSPS) is 13.9. The summed E-state index contributed by atoms with van der Waals surface area (Å²) >= 11 is 0. The number of imidazole rings is 1.